The molecule has 7 aromatic carbocycles. The van der Waals surface area contributed by atoms with Gasteiger partial charge in [0.25, 0.3) is 0 Å². The first kappa shape index (κ1) is 38.4. The van der Waals surface area contributed by atoms with Crippen LogP contribution in [0, 0.1) is 3.80 Å². The Morgan fingerprint density at radius 3 is 1.82 bits per heavy atom. The normalized spacial score (nSPS) is 12.9. The second kappa shape index (κ2) is 15.4. The van der Waals surface area contributed by atoms with E-state index in [2.05, 4.69) is 224 Å². The van der Waals surface area contributed by atoms with E-state index in [0.29, 0.717) is 0 Å². The fourth-order valence-electron chi connectivity index (χ4n) is 9.42. The van der Waals surface area contributed by atoms with Crippen LogP contribution >= 0.6 is 0 Å². The van der Waals surface area contributed by atoms with Gasteiger partial charge in [-0.1, -0.05) is 20.8 Å². The van der Waals surface area contributed by atoms with Gasteiger partial charge < -0.3 is 0 Å². The number of hydrogen-bond donors (Lipinski definition) is 0. The van der Waals surface area contributed by atoms with Gasteiger partial charge in [-0.25, -0.2) is 0 Å². The second-order valence-electron chi connectivity index (χ2n) is 17.4. The maximum atomic E-state index is 6.85. The van der Waals surface area contributed by atoms with Crippen molar-refractivity contribution in [1.82, 2.24) is 18.7 Å². The number of aromatic nitrogens is 4. The molecule has 3 aromatic heterocycles. The fourth-order valence-corrected chi connectivity index (χ4v) is 10.5. The van der Waals surface area contributed by atoms with Crippen molar-refractivity contribution < 1.29 is 24.1 Å². The number of aryl methyl sites for hydroxylation is 2. The van der Waals surface area contributed by atoms with Gasteiger partial charge in [0.15, 0.2) is 0 Å². The summed E-state index contributed by atoms with van der Waals surface area (Å²) in [6.45, 7) is 6.78. The zero-order chi connectivity index (χ0) is 42.0. The van der Waals surface area contributed by atoms with Gasteiger partial charge >= 0.3 is 294 Å². The topological polar surface area (TPSA) is 36.9 Å². The summed E-state index contributed by atoms with van der Waals surface area (Å²) in [5, 5.41) is 2.48. The molecule has 3 heterocycles. The van der Waals surface area contributed by atoms with Crippen LogP contribution in [0.15, 0.2) is 176 Å². The Hall–Kier alpha value is -6.55. The van der Waals surface area contributed by atoms with E-state index in [1.165, 1.54) is 68.1 Å². The molecule has 5 nitrogen and oxygen atoms in total. The van der Waals surface area contributed by atoms with Crippen molar-refractivity contribution in [3.8, 4) is 50.9 Å². The van der Waals surface area contributed by atoms with Crippen molar-refractivity contribution in [2.75, 3.05) is 0 Å². The van der Waals surface area contributed by atoms with Crippen LogP contribution in [0.4, 0.5) is 0 Å². The van der Waals surface area contributed by atoms with Gasteiger partial charge in [0.1, 0.15) is 0 Å². The smallest absolute Gasteiger partial charge is 0.0489 e. The summed E-state index contributed by atoms with van der Waals surface area (Å²) in [5.41, 5.74) is 15.5. The molecule has 0 fully saturated rings. The number of benzene rings is 7. The van der Waals surface area contributed by atoms with Crippen LogP contribution in [0.1, 0.15) is 50.3 Å². The number of nitrogens with zero attached hydrogens (tertiary/aromatic N) is 4. The molecular formula is C56H46N4OPt. The molecule has 0 aliphatic heterocycles. The van der Waals surface area contributed by atoms with E-state index in [-0.39, 0.29) is 5.41 Å². The van der Waals surface area contributed by atoms with Gasteiger partial charge in [-0.15, -0.1) is 0 Å². The van der Waals surface area contributed by atoms with E-state index < -0.39 is 0 Å². The van der Waals surface area contributed by atoms with Crippen LogP contribution < -0.4 is 4.74 Å². The summed E-state index contributed by atoms with van der Waals surface area (Å²) < 4.78 is 15.0. The molecule has 0 unspecified atom stereocenters. The molecule has 1 aliphatic carbocycles. The number of ether oxygens (including phenoxy) is 1. The van der Waals surface area contributed by atoms with Gasteiger partial charge in [0.2, 0.25) is 0 Å². The molecule has 1 aliphatic rings. The molecule has 0 bridgehead atoms. The molecule has 6 heteroatoms. The molecule has 0 amide bonds. The third-order valence-electron chi connectivity index (χ3n) is 12.5. The minimum absolute atomic E-state index is 0.00740. The van der Waals surface area contributed by atoms with Crippen LogP contribution in [0.2, 0.25) is 0 Å². The zero-order valence-corrected chi connectivity index (χ0v) is 37.4. The Balaban J connectivity index is 1.05. The average molecular weight is 986 g/mol. The average Bonchev–Trinajstić information content (AvgIpc) is 3.78. The van der Waals surface area contributed by atoms with Crippen molar-refractivity contribution in [3.63, 3.8) is 0 Å². The zero-order valence-electron chi connectivity index (χ0n) is 35.1. The van der Waals surface area contributed by atoms with Gasteiger partial charge in [-0.3, -0.25) is 0 Å². The summed E-state index contributed by atoms with van der Waals surface area (Å²) >= 11 is 2.51. The molecular weight excluding hydrogens is 940 g/mol. The summed E-state index contributed by atoms with van der Waals surface area (Å²) in [4.78, 5) is 4.99. The monoisotopic (exact) mass is 985 g/mol. The van der Waals surface area contributed by atoms with Crippen molar-refractivity contribution >= 4 is 32.8 Å². The standard InChI is InChI=1S/C56H46N4O.Pt/c1-56(2,3)42-30-31-57-54(34-42)60-52-33-41-21-11-10-20-40(41)32-49(52)48-29-28-45(36-53(48)60)61-44-23-14-22-43(35-44)58-37-59(51-27-13-12-26-50(51)58)55-46(38-16-6-4-7-17-38)24-15-25-47(55)39-18-8-5-9-19-39;/h4-9,12-19,22-36H,10-11,20-21H2,1-3H3;. The van der Waals surface area contributed by atoms with E-state index in [9.17, 15) is 0 Å². The molecule has 0 saturated heterocycles. The predicted octanol–water partition coefficient (Wildman–Crippen LogP) is 14.3. The molecule has 0 radical (unpaired) electrons. The van der Waals surface area contributed by atoms with Crippen molar-refractivity contribution in [2.45, 2.75) is 51.9 Å². The first-order chi connectivity index (χ1) is 30.3. The summed E-state index contributed by atoms with van der Waals surface area (Å²) in [6, 6.07) is 61.0. The Morgan fingerprint density at radius 2 is 1.13 bits per heavy atom. The van der Waals surface area contributed by atoms with Crippen LogP contribution in [0.3, 0.4) is 0 Å². The van der Waals surface area contributed by atoms with Crippen molar-refractivity contribution in [1.29, 1.82) is 0 Å². The number of para-hydroxylation sites is 3. The van der Waals surface area contributed by atoms with E-state index in [1.807, 2.05) is 6.20 Å². The number of imidazole rings is 1. The Kier molecular flexibility index (Phi) is 9.54. The molecule has 0 saturated carbocycles. The van der Waals surface area contributed by atoms with Crippen LogP contribution in [-0.2, 0) is 37.6 Å². The van der Waals surface area contributed by atoms with Gasteiger partial charge in [0.05, 0.1) is 0 Å². The third-order valence-corrected chi connectivity index (χ3v) is 13.5. The van der Waals surface area contributed by atoms with Crippen LogP contribution in [-0.4, -0.2) is 18.7 Å². The quantitative estimate of drug-likeness (QED) is 0.160. The number of hydrogen-bond acceptors (Lipinski definition) is 2. The summed E-state index contributed by atoms with van der Waals surface area (Å²) in [5.74, 6) is 2.48. The van der Waals surface area contributed by atoms with Crippen LogP contribution in [0.25, 0.3) is 72.3 Å². The molecule has 10 aromatic rings. The minimum Gasteiger partial charge on any atom is -0.0489 e. The fraction of sp³-hybridized carbons (Fsp3) is 0.143. The van der Waals surface area contributed by atoms with E-state index in [4.69, 9.17) is 9.72 Å². The van der Waals surface area contributed by atoms with E-state index in [1.54, 1.807) is 0 Å². The molecule has 0 atom stereocenters. The van der Waals surface area contributed by atoms with Gasteiger partial charge in [0, 0.05) is 6.20 Å². The number of pyridine rings is 1. The summed E-state index contributed by atoms with van der Waals surface area (Å²) in [6.07, 6.45) is 6.70. The molecule has 11 rings (SSSR count). The molecule has 306 valence electrons. The maximum absolute atomic E-state index is 6.85. The predicted molar refractivity (Wildman–Crippen MR) is 251 cm³/mol. The summed E-state index contributed by atoms with van der Waals surface area (Å²) in [7, 11) is 0. The first-order valence-electron chi connectivity index (χ1n) is 21.6. The van der Waals surface area contributed by atoms with Gasteiger partial charge in [-0.2, -0.15) is 0 Å². The Labute approximate surface area is 372 Å². The Bertz CT molecular complexity index is 3330. The Morgan fingerprint density at radius 1 is 0.516 bits per heavy atom. The van der Waals surface area contributed by atoms with Crippen molar-refractivity contribution in [2.24, 2.45) is 0 Å². The van der Waals surface area contributed by atoms with Gasteiger partial charge in [-0.05, 0) is 53.9 Å². The second-order valence-corrected chi connectivity index (χ2v) is 18.5. The SMILES string of the molecule is CC(C)(C)c1ccnc(-n2c3cc(Oc4cccc(-n5[c](=[Pt])n(-c6c(-c7ccccc7)cccc6-c6ccccc6)c6ccccc65)c4)ccc3c3cc4c(cc32)CCCC4)c1. The minimum atomic E-state index is -0.00740. The first-order valence-corrected chi connectivity index (χ1v) is 22.7. The van der Waals surface area contributed by atoms with Crippen LogP contribution in [0.5, 0.6) is 11.5 Å². The van der Waals surface area contributed by atoms with E-state index in [0.717, 1.165) is 61.9 Å². The van der Waals surface area contributed by atoms with Crippen molar-refractivity contribution in [3.05, 3.63) is 197 Å². The third kappa shape index (κ3) is 6.67. The molecule has 0 spiro atoms. The molecule has 62 heavy (non-hydrogen) atoms. The number of fused-ring (bicyclic) bond motifs is 5. The number of rotatable bonds is 7. The van der Waals surface area contributed by atoms with E-state index >= 15 is 0 Å². The molecule has 0 N–H and O–H groups in total.